The lowest BCUT2D eigenvalue weighted by Crippen LogP contribution is -2.41. The molecule has 26 heavy (non-hydrogen) atoms. The van der Waals surface area contributed by atoms with Crippen LogP contribution in [0, 0.1) is 0 Å². The number of benzene rings is 1. The minimum Gasteiger partial charge on any atom is -0.362 e. The first-order chi connectivity index (χ1) is 12.7. The fraction of sp³-hybridized carbons (Fsp3) is 0.316. The van der Waals surface area contributed by atoms with Crippen LogP contribution in [0.25, 0.3) is 6.08 Å². The van der Waals surface area contributed by atoms with Crippen molar-refractivity contribution in [3.63, 3.8) is 0 Å². The Hall–Kier alpha value is -2.77. The van der Waals surface area contributed by atoms with Crippen LogP contribution in [0.2, 0.25) is 0 Å². The van der Waals surface area contributed by atoms with Crippen LogP contribution in [0.5, 0.6) is 0 Å². The number of amides is 1. The number of rotatable bonds is 7. The monoisotopic (exact) mass is 353 g/mol. The van der Waals surface area contributed by atoms with E-state index in [1.807, 2.05) is 6.07 Å². The molecular weight excluding hydrogens is 330 g/mol. The Morgan fingerprint density at radius 1 is 1.27 bits per heavy atom. The third kappa shape index (κ3) is 4.87. The van der Waals surface area contributed by atoms with Crippen molar-refractivity contribution in [3.8, 4) is 0 Å². The van der Waals surface area contributed by atoms with Gasteiger partial charge in [-0.2, -0.15) is 0 Å². The Balaban J connectivity index is 1.64. The van der Waals surface area contributed by atoms with Gasteiger partial charge in [0.15, 0.2) is 0 Å². The summed E-state index contributed by atoms with van der Waals surface area (Å²) in [6.45, 7) is 1.87. The highest BCUT2D eigenvalue weighted by Gasteiger charge is 2.33. The number of aromatic nitrogens is 2. The molecule has 0 spiro atoms. The molecule has 0 radical (unpaired) electrons. The molecule has 1 fully saturated rings. The second kappa shape index (κ2) is 8.55. The van der Waals surface area contributed by atoms with Crippen molar-refractivity contribution >= 4 is 17.8 Å². The van der Waals surface area contributed by atoms with Gasteiger partial charge in [0, 0.05) is 12.6 Å². The van der Waals surface area contributed by atoms with Crippen molar-refractivity contribution in [1.82, 2.24) is 20.8 Å². The average molecular weight is 353 g/mol. The number of hydrogen-bond donors (Lipinski definition) is 4. The number of carbonyl (C=O) groups is 1. The smallest absolute Gasteiger partial charge is 0.267 e. The maximum atomic E-state index is 11.0. The molecule has 0 unspecified atom stereocenters. The summed E-state index contributed by atoms with van der Waals surface area (Å²) in [7, 11) is 0. The van der Waals surface area contributed by atoms with Crippen molar-refractivity contribution in [2.24, 2.45) is 0 Å². The lowest BCUT2D eigenvalue weighted by atomic mass is 9.90. The molecule has 1 aliphatic rings. The Bertz CT molecular complexity index is 740. The maximum Gasteiger partial charge on any atom is 0.267 e. The van der Waals surface area contributed by atoms with Crippen LogP contribution >= 0.6 is 0 Å². The molecular formula is C19H23N5O2. The number of aryl methyl sites for hydroxylation is 1. The van der Waals surface area contributed by atoms with E-state index in [1.54, 1.807) is 12.4 Å². The van der Waals surface area contributed by atoms with E-state index in [4.69, 9.17) is 5.21 Å². The quantitative estimate of drug-likeness (QED) is 0.344. The Labute approximate surface area is 152 Å². The van der Waals surface area contributed by atoms with E-state index in [0.29, 0.717) is 11.5 Å². The van der Waals surface area contributed by atoms with Gasteiger partial charge in [0.1, 0.15) is 5.82 Å². The number of anilines is 1. The molecule has 3 rings (SSSR count). The van der Waals surface area contributed by atoms with Gasteiger partial charge in [-0.3, -0.25) is 15.0 Å². The van der Waals surface area contributed by atoms with Gasteiger partial charge < -0.3 is 10.6 Å². The molecule has 1 amide bonds. The van der Waals surface area contributed by atoms with Crippen molar-refractivity contribution < 1.29 is 10.0 Å². The zero-order valence-electron chi connectivity index (χ0n) is 14.5. The average Bonchev–Trinajstić information content (AvgIpc) is 3.15. The van der Waals surface area contributed by atoms with E-state index in [0.717, 1.165) is 32.4 Å². The highest BCUT2D eigenvalue weighted by Crippen LogP contribution is 2.26. The summed E-state index contributed by atoms with van der Waals surface area (Å²) < 4.78 is 0. The molecule has 1 atom stereocenters. The molecule has 136 valence electrons. The van der Waals surface area contributed by atoms with Crippen molar-refractivity contribution in [2.45, 2.75) is 24.8 Å². The van der Waals surface area contributed by atoms with Crippen LogP contribution in [0.1, 0.15) is 24.1 Å². The van der Waals surface area contributed by atoms with E-state index in [1.165, 1.54) is 23.2 Å². The number of hydrogen-bond acceptors (Lipinski definition) is 6. The summed E-state index contributed by atoms with van der Waals surface area (Å²) in [5.74, 6) is 0.108. The predicted octanol–water partition coefficient (Wildman–Crippen LogP) is 1.77. The predicted molar refractivity (Wildman–Crippen MR) is 99.6 cm³/mol. The highest BCUT2D eigenvalue weighted by molar-refractivity contribution is 5.90. The molecule has 0 saturated carbocycles. The van der Waals surface area contributed by atoms with Crippen molar-refractivity contribution in [3.05, 3.63) is 60.1 Å². The molecule has 2 aromatic rings. The van der Waals surface area contributed by atoms with E-state index in [9.17, 15) is 4.79 Å². The van der Waals surface area contributed by atoms with E-state index < -0.39 is 5.91 Å². The summed E-state index contributed by atoms with van der Waals surface area (Å²) in [6.07, 6.45) is 8.98. The summed E-state index contributed by atoms with van der Waals surface area (Å²) in [5.41, 5.74) is 3.36. The molecule has 1 aliphatic heterocycles. The third-order valence-electron chi connectivity index (χ3n) is 4.56. The first-order valence-electron chi connectivity index (χ1n) is 8.66. The van der Waals surface area contributed by atoms with Gasteiger partial charge in [-0.05, 0) is 37.4 Å². The first-order valence-corrected chi connectivity index (χ1v) is 8.66. The fourth-order valence-corrected chi connectivity index (χ4v) is 3.11. The van der Waals surface area contributed by atoms with Crippen molar-refractivity contribution in [1.29, 1.82) is 0 Å². The molecule has 4 N–H and O–H groups in total. The number of hydroxylamine groups is 1. The molecule has 0 aliphatic carbocycles. The molecule has 7 nitrogen and oxygen atoms in total. The summed E-state index contributed by atoms with van der Waals surface area (Å²) in [6, 6.07) is 10.5. The molecule has 0 bridgehead atoms. The van der Waals surface area contributed by atoms with E-state index >= 15 is 0 Å². The highest BCUT2D eigenvalue weighted by atomic mass is 16.5. The van der Waals surface area contributed by atoms with E-state index in [-0.39, 0.29) is 5.54 Å². The van der Waals surface area contributed by atoms with Crippen LogP contribution in [-0.4, -0.2) is 39.7 Å². The number of nitrogens with one attached hydrogen (secondary N) is 3. The molecule has 7 heteroatoms. The second-order valence-electron chi connectivity index (χ2n) is 6.45. The van der Waals surface area contributed by atoms with Crippen LogP contribution in [0.15, 0.2) is 48.8 Å². The SMILES string of the molecule is O=C(/C=C/c1cnc(N[C@]2(CCc3ccccc3)CCNC2)cn1)NO. The molecule has 2 heterocycles. The summed E-state index contributed by atoms with van der Waals surface area (Å²) >= 11 is 0. The zero-order chi connectivity index (χ0) is 18.2. The minimum atomic E-state index is -0.606. The first kappa shape index (κ1) is 18.0. The van der Waals surface area contributed by atoms with Crippen LogP contribution in [0.4, 0.5) is 5.82 Å². The molecule has 1 aromatic heterocycles. The molecule has 1 saturated heterocycles. The van der Waals surface area contributed by atoms with Crippen molar-refractivity contribution in [2.75, 3.05) is 18.4 Å². The largest absolute Gasteiger partial charge is 0.362 e. The molecule has 1 aromatic carbocycles. The van der Waals surface area contributed by atoms with Gasteiger partial charge in [-0.15, -0.1) is 0 Å². The third-order valence-corrected chi connectivity index (χ3v) is 4.56. The number of nitrogens with zero attached hydrogens (tertiary/aromatic N) is 2. The maximum absolute atomic E-state index is 11.0. The summed E-state index contributed by atoms with van der Waals surface area (Å²) in [5, 5.41) is 15.5. The lowest BCUT2D eigenvalue weighted by Gasteiger charge is -2.30. The van der Waals surface area contributed by atoms with Crippen LogP contribution in [0.3, 0.4) is 0 Å². The summed E-state index contributed by atoms with van der Waals surface area (Å²) in [4.78, 5) is 19.7. The Morgan fingerprint density at radius 2 is 2.12 bits per heavy atom. The van der Waals surface area contributed by atoms with Crippen LogP contribution in [-0.2, 0) is 11.2 Å². The normalized spacial score (nSPS) is 19.6. The van der Waals surface area contributed by atoms with Gasteiger partial charge >= 0.3 is 0 Å². The standard InChI is InChI=1S/C19H23N5O2/c25-18(24-26)7-6-16-12-22-17(13-21-16)23-19(10-11-20-14-19)9-8-15-4-2-1-3-5-15/h1-7,12-13,20,26H,8-11,14H2,(H,22,23)(H,24,25)/b7-6+/t19-/m1/s1. The van der Waals surface area contributed by atoms with Gasteiger partial charge in [-0.1, -0.05) is 30.3 Å². The van der Waals surface area contributed by atoms with Gasteiger partial charge in [-0.25, -0.2) is 10.5 Å². The Kier molecular flexibility index (Phi) is 5.93. The Morgan fingerprint density at radius 3 is 2.77 bits per heavy atom. The fourth-order valence-electron chi connectivity index (χ4n) is 3.11. The van der Waals surface area contributed by atoms with E-state index in [2.05, 4.69) is 44.9 Å². The van der Waals surface area contributed by atoms with Crippen LogP contribution < -0.4 is 16.1 Å². The lowest BCUT2D eigenvalue weighted by molar-refractivity contribution is -0.124. The minimum absolute atomic E-state index is 0.0430. The van der Waals surface area contributed by atoms with Gasteiger partial charge in [0.25, 0.3) is 5.91 Å². The van der Waals surface area contributed by atoms with Gasteiger partial charge in [0.2, 0.25) is 0 Å². The zero-order valence-corrected chi connectivity index (χ0v) is 14.5. The topological polar surface area (TPSA) is 99.2 Å². The second-order valence-corrected chi connectivity index (χ2v) is 6.45. The van der Waals surface area contributed by atoms with Gasteiger partial charge in [0.05, 0.1) is 23.6 Å². The number of carbonyl (C=O) groups excluding carboxylic acids is 1.